The second-order valence-corrected chi connectivity index (χ2v) is 5.06. The van der Waals surface area contributed by atoms with E-state index in [9.17, 15) is 0 Å². The van der Waals surface area contributed by atoms with E-state index in [-0.39, 0.29) is 6.04 Å². The van der Waals surface area contributed by atoms with Gasteiger partial charge >= 0.3 is 0 Å². The number of ether oxygens (including phenoxy) is 2. The summed E-state index contributed by atoms with van der Waals surface area (Å²) in [6.45, 7) is 4.59. The van der Waals surface area contributed by atoms with Crippen LogP contribution in [-0.4, -0.2) is 25.9 Å². The predicted octanol–water partition coefficient (Wildman–Crippen LogP) is 2.38. The van der Waals surface area contributed by atoms with Crippen molar-refractivity contribution in [1.82, 2.24) is 0 Å². The minimum absolute atomic E-state index is 0.257. The van der Waals surface area contributed by atoms with Crippen LogP contribution in [0.15, 0.2) is 24.3 Å². The van der Waals surface area contributed by atoms with Crippen LogP contribution in [0.2, 0.25) is 0 Å². The Kier molecular flexibility index (Phi) is 5.02. The Bertz CT molecular complexity index is 344. The van der Waals surface area contributed by atoms with Crippen molar-refractivity contribution in [2.75, 3.05) is 19.8 Å². The normalized spacial score (nSPS) is 20.9. The van der Waals surface area contributed by atoms with Crippen molar-refractivity contribution in [3.63, 3.8) is 0 Å². The van der Waals surface area contributed by atoms with E-state index in [2.05, 4.69) is 19.1 Å². The van der Waals surface area contributed by atoms with E-state index in [0.29, 0.717) is 5.92 Å². The molecular formula is C15H23NO2. The first-order valence-corrected chi connectivity index (χ1v) is 6.83. The lowest BCUT2D eigenvalue weighted by Crippen LogP contribution is -2.21. The predicted molar refractivity (Wildman–Crippen MR) is 72.8 cm³/mol. The van der Waals surface area contributed by atoms with Gasteiger partial charge in [-0.2, -0.15) is 0 Å². The first-order valence-electron chi connectivity index (χ1n) is 6.83. The minimum atomic E-state index is 0.257. The highest BCUT2D eigenvalue weighted by Gasteiger charge is 2.16. The van der Waals surface area contributed by atoms with Gasteiger partial charge in [0.2, 0.25) is 0 Å². The highest BCUT2D eigenvalue weighted by atomic mass is 16.5. The Labute approximate surface area is 109 Å². The lowest BCUT2D eigenvalue weighted by Gasteiger charge is -2.12. The van der Waals surface area contributed by atoms with Gasteiger partial charge in [0.25, 0.3) is 0 Å². The van der Waals surface area contributed by atoms with Crippen LogP contribution >= 0.6 is 0 Å². The molecule has 0 amide bonds. The average molecular weight is 249 g/mol. The third kappa shape index (κ3) is 4.00. The second kappa shape index (κ2) is 6.76. The van der Waals surface area contributed by atoms with Gasteiger partial charge in [-0.25, -0.2) is 0 Å². The molecule has 2 atom stereocenters. The van der Waals surface area contributed by atoms with E-state index < -0.39 is 0 Å². The van der Waals surface area contributed by atoms with Gasteiger partial charge in [0.1, 0.15) is 5.75 Å². The van der Waals surface area contributed by atoms with Crippen molar-refractivity contribution in [2.24, 2.45) is 11.7 Å². The van der Waals surface area contributed by atoms with Gasteiger partial charge in [0.15, 0.2) is 0 Å². The zero-order chi connectivity index (χ0) is 12.8. The molecule has 1 heterocycles. The van der Waals surface area contributed by atoms with Crippen molar-refractivity contribution in [3.05, 3.63) is 29.8 Å². The molecule has 1 saturated heterocycles. The van der Waals surface area contributed by atoms with E-state index in [4.69, 9.17) is 15.2 Å². The largest absolute Gasteiger partial charge is 0.493 e. The molecule has 0 aromatic heterocycles. The highest BCUT2D eigenvalue weighted by Crippen LogP contribution is 2.17. The smallest absolute Gasteiger partial charge is 0.119 e. The van der Waals surface area contributed by atoms with Crippen LogP contribution < -0.4 is 10.5 Å². The molecule has 0 radical (unpaired) electrons. The van der Waals surface area contributed by atoms with Crippen molar-refractivity contribution < 1.29 is 9.47 Å². The van der Waals surface area contributed by atoms with Gasteiger partial charge in [-0.1, -0.05) is 19.1 Å². The molecule has 1 aliphatic rings. The molecule has 0 aliphatic carbocycles. The lowest BCUT2D eigenvalue weighted by molar-refractivity contribution is 0.167. The molecule has 1 aliphatic heterocycles. The molecule has 2 N–H and O–H groups in total. The SMILES string of the molecule is CCC(N)Cc1ccc(OCC2CCOC2)cc1. The molecule has 3 heteroatoms. The first kappa shape index (κ1) is 13.4. The zero-order valence-corrected chi connectivity index (χ0v) is 11.1. The van der Waals surface area contributed by atoms with E-state index in [1.54, 1.807) is 0 Å². The fourth-order valence-corrected chi connectivity index (χ4v) is 2.10. The Morgan fingerprint density at radius 3 is 2.78 bits per heavy atom. The molecular weight excluding hydrogens is 226 g/mol. The summed E-state index contributed by atoms with van der Waals surface area (Å²) in [5.41, 5.74) is 7.22. The Hall–Kier alpha value is -1.06. The standard InChI is InChI=1S/C15H23NO2/c1-2-14(16)9-12-3-5-15(6-4-12)18-11-13-7-8-17-10-13/h3-6,13-14H,2,7-11,16H2,1H3. The molecule has 2 rings (SSSR count). The molecule has 1 aromatic rings. The summed E-state index contributed by atoms with van der Waals surface area (Å²) in [5.74, 6) is 1.49. The Balaban J connectivity index is 1.79. The van der Waals surface area contributed by atoms with Gasteiger partial charge in [-0.05, 0) is 37.0 Å². The van der Waals surface area contributed by atoms with Crippen LogP contribution in [0.5, 0.6) is 5.75 Å². The first-order chi connectivity index (χ1) is 8.78. The van der Waals surface area contributed by atoms with Gasteiger partial charge in [0.05, 0.1) is 13.2 Å². The maximum Gasteiger partial charge on any atom is 0.119 e. The molecule has 0 spiro atoms. The van der Waals surface area contributed by atoms with Gasteiger partial charge < -0.3 is 15.2 Å². The number of hydrogen-bond acceptors (Lipinski definition) is 3. The lowest BCUT2D eigenvalue weighted by atomic mass is 10.0. The number of nitrogens with two attached hydrogens (primary N) is 1. The van der Waals surface area contributed by atoms with Gasteiger partial charge in [-0.3, -0.25) is 0 Å². The molecule has 1 aromatic carbocycles. The van der Waals surface area contributed by atoms with Gasteiger partial charge in [-0.15, -0.1) is 0 Å². The molecule has 100 valence electrons. The maximum atomic E-state index is 5.94. The molecule has 3 nitrogen and oxygen atoms in total. The second-order valence-electron chi connectivity index (χ2n) is 5.06. The average Bonchev–Trinajstić information content (AvgIpc) is 2.91. The number of hydrogen-bond donors (Lipinski definition) is 1. The summed E-state index contributed by atoms with van der Waals surface area (Å²) in [6, 6.07) is 8.54. The van der Waals surface area contributed by atoms with Crippen LogP contribution in [-0.2, 0) is 11.2 Å². The number of benzene rings is 1. The highest BCUT2D eigenvalue weighted by molar-refractivity contribution is 5.27. The fraction of sp³-hybridized carbons (Fsp3) is 0.600. The van der Waals surface area contributed by atoms with Crippen molar-refractivity contribution >= 4 is 0 Å². The van der Waals surface area contributed by atoms with Crippen LogP contribution in [0.3, 0.4) is 0 Å². The molecule has 1 fully saturated rings. The van der Waals surface area contributed by atoms with Crippen LogP contribution in [0.1, 0.15) is 25.3 Å². The van der Waals surface area contributed by atoms with Crippen molar-refractivity contribution in [2.45, 2.75) is 32.2 Å². The Morgan fingerprint density at radius 1 is 1.39 bits per heavy atom. The third-order valence-electron chi connectivity index (χ3n) is 3.46. The summed E-state index contributed by atoms with van der Waals surface area (Å²) < 4.78 is 11.1. The van der Waals surface area contributed by atoms with Crippen molar-refractivity contribution in [3.8, 4) is 5.75 Å². The molecule has 0 bridgehead atoms. The monoisotopic (exact) mass is 249 g/mol. The summed E-state index contributed by atoms with van der Waals surface area (Å²) >= 11 is 0. The third-order valence-corrected chi connectivity index (χ3v) is 3.46. The molecule has 18 heavy (non-hydrogen) atoms. The quantitative estimate of drug-likeness (QED) is 0.842. The fourth-order valence-electron chi connectivity index (χ4n) is 2.10. The van der Waals surface area contributed by atoms with Crippen LogP contribution in [0.4, 0.5) is 0 Å². The van der Waals surface area contributed by atoms with Crippen LogP contribution in [0.25, 0.3) is 0 Å². The maximum absolute atomic E-state index is 5.94. The summed E-state index contributed by atoms with van der Waals surface area (Å²) in [6.07, 6.45) is 3.07. The summed E-state index contributed by atoms with van der Waals surface area (Å²) in [5, 5.41) is 0. The van der Waals surface area contributed by atoms with Crippen LogP contribution in [0, 0.1) is 5.92 Å². The summed E-state index contributed by atoms with van der Waals surface area (Å²) in [4.78, 5) is 0. The molecule has 0 saturated carbocycles. The Morgan fingerprint density at radius 2 is 2.17 bits per heavy atom. The number of rotatable bonds is 6. The minimum Gasteiger partial charge on any atom is -0.493 e. The van der Waals surface area contributed by atoms with Gasteiger partial charge in [0, 0.05) is 18.6 Å². The molecule has 2 unspecified atom stereocenters. The zero-order valence-electron chi connectivity index (χ0n) is 11.1. The van der Waals surface area contributed by atoms with E-state index >= 15 is 0 Å². The van der Waals surface area contributed by atoms with Crippen molar-refractivity contribution in [1.29, 1.82) is 0 Å². The van der Waals surface area contributed by atoms with E-state index in [1.807, 2.05) is 12.1 Å². The summed E-state index contributed by atoms with van der Waals surface area (Å²) in [7, 11) is 0. The van der Waals surface area contributed by atoms with E-state index in [1.165, 1.54) is 5.56 Å². The topological polar surface area (TPSA) is 44.5 Å². The van der Waals surface area contributed by atoms with E-state index in [0.717, 1.165) is 44.8 Å².